The predicted octanol–water partition coefficient (Wildman–Crippen LogP) is 3.26. The van der Waals surface area contributed by atoms with Crippen LogP contribution in [0.1, 0.15) is 11.3 Å². The number of nitrogens with one attached hydrogen (secondary N) is 1. The minimum Gasteiger partial charge on any atom is -0.320 e. The van der Waals surface area contributed by atoms with Crippen molar-refractivity contribution in [1.82, 2.24) is 15.0 Å². The van der Waals surface area contributed by atoms with Gasteiger partial charge >= 0.3 is 0 Å². The van der Waals surface area contributed by atoms with E-state index in [1.165, 1.54) is 12.2 Å². The van der Waals surface area contributed by atoms with E-state index in [2.05, 4.69) is 15.6 Å². The summed E-state index contributed by atoms with van der Waals surface area (Å²) in [5, 5.41) is 10.3. The minimum atomic E-state index is -0.837. The van der Waals surface area contributed by atoms with Gasteiger partial charge in [0.25, 0.3) is 0 Å². The van der Waals surface area contributed by atoms with Gasteiger partial charge < -0.3 is 5.32 Å². The number of amides is 1. The van der Waals surface area contributed by atoms with E-state index in [0.717, 1.165) is 17.7 Å². The van der Waals surface area contributed by atoms with Gasteiger partial charge in [0.1, 0.15) is 17.3 Å². The van der Waals surface area contributed by atoms with E-state index in [9.17, 15) is 13.6 Å². The first-order chi connectivity index (χ1) is 12.1. The highest BCUT2D eigenvalue weighted by molar-refractivity contribution is 6.01. The Morgan fingerprint density at radius 1 is 1.16 bits per heavy atom. The van der Waals surface area contributed by atoms with Crippen LogP contribution in [0.5, 0.6) is 0 Å². The Morgan fingerprint density at radius 3 is 2.72 bits per heavy atom. The summed E-state index contributed by atoms with van der Waals surface area (Å²) in [6, 6.07) is 12.7. The monoisotopic (exact) mass is 340 g/mol. The third kappa shape index (κ3) is 4.57. The molecule has 0 unspecified atom stereocenters. The van der Waals surface area contributed by atoms with E-state index in [0.29, 0.717) is 18.3 Å². The summed E-state index contributed by atoms with van der Waals surface area (Å²) in [4.78, 5) is 11.8. The zero-order valence-corrected chi connectivity index (χ0v) is 13.1. The average Bonchev–Trinajstić information content (AvgIpc) is 3.04. The third-order valence-corrected chi connectivity index (χ3v) is 3.34. The molecule has 3 aromatic rings. The van der Waals surface area contributed by atoms with Crippen LogP contribution in [-0.2, 0) is 11.3 Å². The lowest BCUT2D eigenvalue weighted by molar-refractivity contribution is -0.111. The first-order valence-corrected chi connectivity index (χ1v) is 7.48. The number of aromatic nitrogens is 3. The molecule has 0 saturated carbocycles. The van der Waals surface area contributed by atoms with Gasteiger partial charge in [0.15, 0.2) is 0 Å². The van der Waals surface area contributed by atoms with Gasteiger partial charge in [-0.1, -0.05) is 35.5 Å². The predicted molar refractivity (Wildman–Crippen MR) is 89.6 cm³/mol. The first kappa shape index (κ1) is 16.5. The van der Waals surface area contributed by atoms with Crippen molar-refractivity contribution in [2.24, 2.45) is 0 Å². The van der Waals surface area contributed by atoms with Crippen molar-refractivity contribution in [3.05, 3.63) is 83.7 Å². The lowest BCUT2D eigenvalue weighted by Gasteiger charge is -2.03. The number of nitrogens with zero attached hydrogens (tertiary/aromatic N) is 3. The SMILES string of the molecule is O=C(/C=C/c1cn(Cc2ccccc2)nn1)Nc1ccc(F)cc1F. The smallest absolute Gasteiger partial charge is 0.248 e. The van der Waals surface area contributed by atoms with Crippen LogP contribution in [-0.4, -0.2) is 20.9 Å². The zero-order valence-electron chi connectivity index (χ0n) is 13.1. The second-order valence-electron chi connectivity index (χ2n) is 5.27. The fraction of sp³-hybridized carbons (Fsp3) is 0.0556. The molecule has 0 radical (unpaired) electrons. The molecule has 3 rings (SSSR count). The molecule has 0 bridgehead atoms. The van der Waals surface area contributed by atoms with E-state index in [1.54, 1.807) is 10.9 Å². The normalized spacial score (nSPS) is 11.0. The molecule has 7 heteroatoms. The van der Waals surface area contributed by atoms with Gasteiger partial charge in [-0.3, -0.25) is 4.79 Å². The third-order valence-electron chi connectivity index (χ3n) is 3.34. The quantitative estimate of drug-likeness (QED) is 0.725. The summed E-state index contributed by atoms with van der Waals surface area (Å²) in [7, 11) is 0. The number of anilines is 1. The Kier molecular flexibility index (Phi) is 4.94. The van der Waals surface area contributed by atoms with Crippen molar-refractivity contribution in [3.63, 3.8) is 0 Å². The summed E-state index contributed by atoms with van der Waals surface area (Å²) >= 11 is 0. The summed E-state index contributed by atoms with van der Waals surface area (Å²) < 4.78 is 28.0. The average molecular weight is 340 g/mol. The molecule has 1 aromatic heterocycles. The molecular formula is C18H14F2N4O. The van der Waals surface area contributed by atoms with E-state index in [1.807, 2.05) is 30.3 Å². The van der Waals surface area contributed by atoms with Gasteiger partial charge in [-0.2, -0.15) is 0 Å². The van der Waals surface area contributed by atoms with Crippen LogP contribution in [0, 0.1) is 11.6 Å². The maximum absolute atomic E-state index is 13.5. The summed E-state index contributed by atoms with van der Waals surface area (Å²) in [6.07, 6.45) is 4.36. The van der Waals surface area contributed by atoms with E-state index in [4.69, 9.17) is 0 Å². The van der Waals surface area contributed by atoms with Crippen LogP contribution >= 0.6 is 0 Å². The fourth-order valence-electron chi connectivity index (χ4n) is 2.16. The van der Waals surface area contributed by atoms with Crippen LogP contribution in [0.3, 0.4) is 0 Å². The number of rotatable bonds is 5. The van der Waals surface area contributed by atoms with Crippen LogP contribution in [0.25, 0.3) is 6.08 Å². The molecule has 0 spiro atoms. The van der Waals surface area contributed by atoms with Crippen LogP contribution in [0.15, 0.2) is 60.8 Å². The topological polar surface area (TPSA) is 59.8 Å². The molecule has 5 nitrogen and oxygen atoms in total. The highest BCUT2D eigenvalue weighted by Crippen LogP contribution is 2.14. The Labute approximate surface area is 142 Å². The van der Waals surface area contributed by atoms with E-state index >= 15 is 0 Å². The number of benzene rings is 2. The molecule has 0 aliphatic carbocycles. The number of hydrogen-bond donors (Lipinski definition) is 1. The first-order valence-electron chi connectivity index (χ1n) is 7.48. The highest BCUT2D eigenvalue weighted by Gasteiger charge is 2.06. The van der Waals surface area contributed by atoms with Gasteiger partial charge in [-0.25, -0.2) is 13.5 Å². The molecule has 0 fully saturated rings. The van der Waals surface area contributed by atoms with Crippen LogP contribution in [0.4, 0.5) is 14.5 Å². The molecule has 0 aliphatic rings. The largest absolute Gasteiger partial charge is 0.320 e. The van der Waals surface area contributed by atoms with Crippen molar-refractivity contribution in [2.75, 3.05) is 5.32 Å². The van der Waals surface area contributed by atoms with Gasteiger partial charge in [0.2, 0.25) is 5.91 Å². The molecular weight excluding hydrogens is 326 g/mol. The van der Waals surface area contributed by atoms with Crippen molar-refractivity contribution < 1.29 is 13.6 Å². The molecule has 0 aliphatic heterocycles. The van der Waals surface area contributed by atoms with Crippen LogP contribution < -0.4 is 5.32 Å². The Balaban J connectivity index is 1.61. The second-order valence-corrected chi connectivity index (χ2v) is 5.27. The molecule has 0 saturated heterocycles. The van der Waals surface area contributed by atoms with Crippen molar-refractivity contribution >= 4 is 17.7 Å². The lowest BCUT2D eigenvalue weighted by atomic mass is 10.2. The number of carbonyl (C=O) groups is 1. The van der Waals surface area contributed by atoms with Gasteiger partial charge in [0.05, 0.1) is 18.4 Å². The van der Waals surface area contributed by atoms with Crippen molar-refractivity contribution in [1.29, 1.82) is 0 Å². The van der Waals surface area contributed by atoms with Gasteiger partial charge in [-0.05, 0) is 23.8 Å². The maximum Gasteiger partial charge on any atom is 0.248 e. The highest BCUT2D eigenvalue weighted by atomic mass is 19.1. The Hall–Kier alpha value is -3.35. The summed E-state index contributed by atoms with van der Waals surface area (Å²) in [6.45, 7) is 0.564. The summed E-state index contributed by atoms with van der Waals surface area (Å²) in [5.41, 5.74) is 1.47. The van der Waals surface area contributed by atoms with Crippen molar-refractivity contribution in [2.45, 2.75) is 6.54 Å². The van der Waals surface area contributed by atoms with Crippen LogP contribution in [0.2, 0.25) is 0 Å². The Morgan fingerprint density at radius 2 is 1.96 bits per heavy atom. The number of hydrogen-bond acceptors (Lipinski definition) is 3. The fourth-order valence-corrected chi connectivity index (χ4v) is 2.16. The van der Waals surface area contributed by atoms with Gasteiger partial charge in [0, 0.05) is 12.1 Å². The molecule has 0 atom stereocenters. The molecule has 1 N–H and O–H groups in total. The molecule has 1 heterocycles. The molecule has 126 valence electrons. The maximum atomic E-state index is 13.5. The Bertz CT molecular complexity index is 906. The van der Waals surface area contributed by atoms with E-state index < -0.39 is 17.5 Å². The van der Waals surface area contributed by atoms with E-state index in [-0.39, 0.29) is 5.69 Å². The molecule has 25 heavy (non-hydrogen) atoms. The number of carbonyl (C=O) groups excluding carboxylic acids is 1. The zero-order chi connectivity index (χ0) is 17.6. The van der Waals surface area contributed by atoms with Crippen molar-refractivity contribution in [3.8, 4) is 0 Å². The summed E-state index contributed by atoms with van der Waals surface area (Å²) in [5.74, 6) is -2.10. The standard InChI is InChI=1S/C18H14F2N4O/c19-14-6-8-17(16(20)10-14)21-18(25)9-7-15-12-24(23-22-15)11-13-4-2-1-3-5-13/h1-10,12H,11H2,(H,21,25)/b9-7+. The second kappa shape index (κ2) is 7.48. The van der Waals surface area contributed by atoms with Gasteiger partial charge in [-0.15, -0.1) is 5.10 Å². The minimum absolute atomic E-state index is 0.0937. The lowest BCUT2D eigenvalue weighted by Crippen LogP contribution is -2.09. The molecule has 2 aromatic carbocycles. The number of halogens is 2. The molecule has 1 amide bonds.